The summed E-state index contributed by atoms with van der Waals surface area (Å²) in [6.07, 6.45) is 3.03. The molecule has 19 heavy (non-hydrogen) atoms. The van der Waals surface area contributed by atoms with Crippen molar-refractivity contribution in [3.63, 3.8) is 0 Å². The van der Waals surface area contributed by atoms with Crippen molar-refractivity contribution in [2.24, 2.45) is 5.92 Å². The van der Waals surface area contributed by atoms with Crippen LogP contribution in [0, 0.1) is 17.2 Å². The number of hydrogen-bond donors (Lipinski definition) is 0. The first kappa shape index (κ1) is 13.0. The molecule has 0 aliphatic carbocycles. The van der Waals surface area contributed by atoms with Crippen LogP contribution < -0.4 is 4.74 Å². The van der Waals surface area contributed by atoms with Gasteiger partial charge in [0.25, 0.3) is 0 Å². The minimum absolute atomic E-state index is 0.448. The first-order valence-electron chi connectivity index (χ1n) is 6.15. The molecule has 0 aliphatic heterocycles. The Morgan fingerprint density at radius 3 is 2.53 bits per heavy atom. The molecular weight excluding hydrogens is 238 g/mol. The highest BCUT2D eigenvalue weighted by Gasteiger charge is 2.09. The summed E-state index contributed by atoms with van der Waals surface area (Å²) in [5.74, 6) is 1.79. The highest BCUT2D eigenvalue weighted by molar-refractivity contribution is 5.63. The van der Waals surface area contributed by atoms with Gasteiger partial charge in [-0.25, -0.2) is 9.97 Å². The van der Waals surface area contributed by atoms with Crippen LogP contribution in [0.15, 0.2) is 36.7 Å². The zero-order valence-electron chi connectivity index (χ0n) is 11.0. The Morgan fingerprint density at radius 1 is 1.21 bits per heavy atom. The second-order valence-electron chi connectivity index (χ2n) is 4.61. The van der Waals surface area contributed by atoms with E-state index in [1.54, 1.807) is 0 Å². The van der Waals surface area contributed by atoms with Gasteiger partial charge in [0.1, 0.15) is 11.8 Å². The van der Waals surface area contributed by atoms with Gasteiger partial charge >= 0.3 is 0 Å². The van der Waals surface area contributed by atoms with E-state index in [1.165, 1.54) is 12.4 Å². The molecule has 0 atom stereocenters. The van der Waals surface area contributed by atoms with Crippen molar-refractivity contribution < 1.29 is 4.74 Å². The molecule has 0 spiro atoms. The summed E-state index contributed by atoms with van der Waals surface area (Å²) in [6.45, 7) is 4.84. The average molecular weight is 253 g/mol. The fourth-order valence-electron chi connectivity index (χ4n) is 1.56. The zero-order valence-corrected chi connectivity index (χ0v) is 11.0. The molecule has 4 heteroatoms. The summed E-state index contributed by atoms with van der Waals surface area (Å²) in [5.41, 5.74) is 1.29. The van der Waals surface area contributed by atoms with Gasteiger partial charge in [0.05, 0.1) is 17.7 Å². The second-order valence-corrected chi connectivity index (χ2v) is 4.61. The molecule has 0 saturated heterocycles. The molecule has 4 nitrogen and oxygen atoms in total. The monoisotopic (exact) mass is 253 g/mol. The van der Waals surface area contributed by atoms with Crippen molar-refractivity contribution >= 4 is 0 Å². The average Bonchev–Trinajstić information content (AvgIpc) is 2.45. The molecule has 0 amide bonds. The lowest BCUT2D eigenvalue weighted by molar-refractivity contribution is 0.272. The first-order chi connectivity index (χ1) is 9.20. The molecule has 0 bridgehead atoms. The highest BCUT2D eigenvalue weighted by Crippen LogP contribution is 2.27. The lowest BCUT2D eigenvalue weighted by Gasteiger charge is -2.12. The van der Waals surface area contributed by atoms with Crippen LogP contribution in [0.3, 0.4) is 0 Å². The third-order valence-corrected chi connectivity index (χ3v) is 2.48. The number of hydrogen-bond acceptors (Lipinski definition) is 4. The van der Waals surface area contributed by atoms with Crippen molar-refractivity contribution in [1.29, 1.82) is 5.26 Å². The summed E-state index contributed by atoms with van der Waals surface area (Å²) in [6, 6.07) is 9.66. The molecule has 0 fully saturated rings. The predicted octanol–water partition coefficient (Wildman–Crippen LogP) is 3.05. The van der Waals surface area contributed by atoms with Gasteiger partial charge in [0.2, 0.25) is 0 Å². The maximum absolute atomic E-state index is 8.74. The van der Waals surface area contributed by atoms with Gasteiger partial charge in [-0.2, -0.15) is 5.26 Å². The van der Waals surface area contributed by atoms with E-state index in [-0.39, 0.29) is 0 Å². The minimum atomic E-state index is 0.448. The van der Waals surface area contributed by atoms with E-state index in [4.69, 9.17) is 10.00 Å². The Hall–Kier alpha value is -2.41. The molecule has 96 valence electrons. The highest BCUT2D eigenvalue weighted by atomic mass is 16.5. The van der Waals surface area contributed by atoms with E-state index in [2.05, 4.69) is 23.8 Å². The molecule has 1 aromatic carbocycles. The molecule has 0 aliphatic rings. The fraction of sp³-hybridized carbons (Fsp3) is 0.267. The molecular formula is C15H15N3O. The number of para-hydroxylation sites is 1. The Kier molecular flexibility index (Phi) is 4.09. The molecule has 0 N–H and O–H groups in total. The van der Waals surface area contributed by atoms with Gasteiger partial charge in [0.15, 0.2) is 5.82 Å². The molecule has 0 saturated carbocycles. The molecule has 2 aromatic rings. The number of nitrogens with zero attached hydrogens (tertiary/aromatic N) is 3. The normalized spacial score (nSPS) is 10.2. The number of nitriles is 1. The van der Waals surface area contributed by atoms with Crippen molar-refractivity contribution in [3.05, 3.63) is 42.2 Å². The third kappa shape index (κ3) is 3.29. The molecule has 1 aromatic heterocycles. The molecule has 0 unspecified atom stereocenters. The lowest BCUT2D eigenvalue weighted by atomic mass is 10.2. The van der Waals surface area contributed by atoms with Crippen LogP contribution in [-0.4, -0.2) is 16.6 Å². The largest absolute Gasteiger partial charge is 0.493 e. The van der Waals surface area contributed by atoms with Crippen LogP contribution in [-0.2, 0) is 0 Å². The number of ether oxygens (including phenoxy) is 1. The smallest absolute Gasteiger partial charge is 0.162 e. The van der Waals surface area contributed by atoms with Gasteiger partial charge < -0.3 is 4.74 Å². The maximum atomic E-state index is 8.74. The van der Waals surface area contributed by atoms with Crippen LogP contribution in [0.25, 0.3) is 11.4 Å². The molecule has 2 rings (SSSR count). The summed E-state index contributed by atoms with van der Waals surface area (Å²) in [4.78, 5) is 8.39. The zero-order chi connectivity index (χ0) is 13.7. The van der Waals surface area contributed by atoms with E-state index < -0.39 is 0 Å². The summed E-state index contributed by atoms with van der Waals surface area (Å²) < 4.78 is 5.76. The minimum Gasteiger partial charge on any atom is -0.493 e. The third-order valence-electron chi connectivity index (χ3n) is 2.48. The Labute approximate surface area is 112 Å². The Morgan fingerprint density at radius 2 is 1.89 bits per heavy atom. The van der Waals surface area contributed by atoms with E-state index in [1.807, 2.05) is 30.3 Å². The number of benzene rings is 1. The van der Waals surface area contributed by atoms with Crippen LogP contribution in [0.5, 0.6) is 5.75 Å². The second kappa shape index (κ2) is 5.96. The van der Waals surface area contributed by atoms with Gasteiger partial charge in [-0.15, -0.1) is 0 Å². The van der Waals surface area contributed by atoms with E-state index in [9.17, 15) is 0 Å². The SMILES string of the molecule is CC(C)COc1ccccc1-c1ncc(C#N)cn1. The first-order valence-corrected chi connectivity index (χ1v) is 6.15. The lowest BCUT2D eigenvalue weighted by Crippen LogP contribution is -2.05. The fourth-order valence-corrected chi connectivity index (χ4v) is 1.56. The number of aromatic nitrogens is 2. The van der Waals surface area contributed by atoms with Crippen molar-refractivity contribution in [1.82, 2.24) is 9.97 Å². The summed E-state index contributed by atoms with van der Waals surface area (Å²) in [5, 5.41) is 8.74. The molecule has 0 radical (unpaired) electrons. The summed E-state index contributed by atoms with van der Waals surface area (Å²) >= 11 is 0. The quantitative estimate of drug-likeness (QED) is 0.840. The van der Waals surface area contributed by atoms with Gasteiger partial charge in [-0.05, 0) is 18.1 Å². The maximum Gasteiger partial charge on any atom is 0.162 e. The van der Waals surface area contributed by atoms with Gasteiger partial charge in [-0.1, -0.05) is 26.0 Å². The predicted molar refractivity (Wildman–Crippen MR) is 72.5 cm³/mol. The van der Waals surface area contributed by atoms with Crippen LogP contribution in [0.2, 0.25) is 0 Å². The van der Waals surface area contributed by atoms with Gasteiger partial charge in [-0.3, -0.25) is 0 Å². The van der Waals surface area contributed by atoms with Crippen molar-refractivity contribution in [3.8, 4) is 23.2 Å². The van der Waals surface area contributed by atoms with E-state index >= 15 is 0 Å². The summed E-state index contributed by atoms with van der Waals surface area (Å²) in [7, 11) is 0. The molecule has 1 heterocycles. The van der Waals surface area contributed by atoms with E-state index in [0.29, 0.717) is 23.9 Å². The van der Waals surface area contributed by atoms with Crippen molar-refractivity contribution in [2.75, 3.05) is 6.61 Å². The number of rotatable bonds is 4. The Balaban J connectivity index is 2.30. The van der Waals surface area contributed by atoms with E-state index in [0.717, 1.165) is 11.3 Å². The topological polar surface area (TPSA) is 58.8 Å². The standard InChI is InChI=1S/C15H15N3O/c1-11(2)10-19-14-6-4-3-5-13(14)15-17-8-12(7-16)9-18-15/h3-6,8-9,11H,10H2,1-2H3. The Bertz CT molecular complexity index is 585. The van der Waals surface area contributed by atoms with Crippen LogP contribution in [0.4, 0.5) is 0 Å². The van der Waals surface area contributed by atoms with Crippen molar-refractivity contribution in [2.45, 2.75) is 13.8 Å². The van der Waals surface area contributed by atoms with Crippen LogP contribution >= 0.6 is 0 Å². The van der Waals surface area contributed by atoms with Crippen LogP contribution in [0.1, 0.15) is 19.4 Å². The van der Waals surface area contributed by atoms with Gasteiger partial charge in [0, 0.05) is 12.4 Å².